The first-order valence-electron chi connectivity index (χ1n) is 13.3. The number of rotatable bonds is 14. The van der Waals surface area contributed by atoms with E-state index in [0.29, 0.717) is 42.4 Å². The average Bonchev–Trinajstić information content (AvgIpc) is 2.93. The van der Waals surface area contributed by atoms with Crippen molar-refractivity contribution in [3.63, 3.8) is 0 Å². The Hall–Kier alpha value is -3.94. The minimum Gasteiger partial charge on any atom is -0.479 e. The first-order valence-corrected chi connectivity index (χ1v) is 13.3. The molecule has 0 radical (unpaired) electrons. The number of hydrogen-bond acceptors (Lipinski definition) is 6. The van der Waals surface area contributed by atoms with Gasteiger partial charge in [0.25, 0.3) is 5.56 Å². The number of esters is 1. The average molecular weight is 520 g/mol. The van der Waals surface area contributed by atoms with Gasteiger partial charge in [-0.3, -0.25) is 14.2 Å². The fourth-order valence-corrected chi connectivity index (χ4v) is 4.09. The lowest BCUT2D eigenvalue weighted by Crippen LogP contribution is -2.30. The summed E-state index contributed by atoms with van der Waals surface area (Å²) in [7, 11) is 0. The molecule has 2 aromatic carbocycles. The van der Waals surface area contributed by atoms with Gasteiger partial charge in [0.05, 0.1) is 12.3 Å². The van der Waals surface area contributed by atoms with E-state index >= 15 is 0 Å². The molecule has 1 atom stereocenters. The molecule has 0 fully saturated rings. The van der Waals surface area contributed by atoms with E-state index in [2.05, 4.69) is 17.2 Å². The Labute approximate surface area is 224 Å². The molecule has 8 heteroatoms. The van der Waals surface area contributed by atoms with Gasteiger partial charge in [-0.2, -0.15) is 0 Å². The van der Waals surface area contributed by atoms with Crippen molar-refractivity contribution in [3.05, 3.63) is 76.8 Å². The van der Waals surface area contributed by atoms with Crippen molar-refractivity contribution in [2.24, 2.45) is 0 Å². The molecule has 3 rings (SSSR count). The maximum absolute atomic E-state index is 12.8. The van der Waals surface area contributed by atoms with Crippen molar-refractivity contribution in [1.82, 2.24) is 9.55 Å². The van der Waals surface area contributed by atoms with E-state index in [0.717, 1.165) is 31.2 Å². The standard InChI is InChI=1S/C30H37N3O5/c1-4-7-8-12-15-26(30(36)37-6-3)38-24-18-16-23(17-19-24)31-28(34)21-33-27(5-2)32-25(20-29(33)35)22-13-10-9-11-14-22/h9-11,13-14,16-20,26H,4-8,12,15,21H2,1-3H3,(H,31,34)/t26-/m1/s1. The second-order valence-electron chi connectivity index (χ2n) is 8.98. The van der Waals surface area contributed by atoms with Crippen LogP contribution in [0.4, 0.5) is 5.69 Å². The molecule has 0 aliphatic heterocycles. The lowest BCUT2D eigenvalue weighted by Gasteiger charge is -2.18. The molecule has 1 aromatic heterocycles. The number of aryl methyl sites for hydroxylation is 1. The number of nitrogens with one attached hydrogen (secondary N) is 1. The zero-order valence-electron chi connectivity index (χ0n) is 22.4. The minimum absolute atomic E-state index is 0.148. The Morgan fingerprint density at radius 1 is 0.974 bits per heavy atom. The zero-order chi connectivity index (χ0) is 27.3. The number of aromatic nitrogens is 2. The van der Waals surface area contributed by atoms with E-state index in [1.807, 2.05) is 37.3 Å². The molecule has 0 aliphatic rings. The Morgan fingerprint density at radius 2 is 1.71 bits per heavy atom. The van der Waals surface area contributed by atoms with Crippen LogP contribution in [-0.2, 0) is 27.3 Å². The first kappa shape index (κ1) is 28.6. The van der Waals surface area contributed by atoms with Gasteiger partial charge in [0, 0.05) is 23.7 Å². The van der Waals surface area contributed by atoms with Crippen LogP contribution in [0.1, 0.15) is 58.7 Å². The summed E-state index contributed by atoms with van der Waals surface area (Å²) in [5, 5.41) is 2.81. The van der Waals surface area contributed by atoms with Crippen molar-refractivity contribution in [2.45, 2.75) is 71.9 Å². The molecular formula is C30H37N3O5. The SMILES string of the molecule is CCCCCC[C@@H](Oc1ccc(NC(=O)Cn2c(CC)nc(-c3ccccc3)cc2=O)cc1)C(=O)OCC. The van der Waals surface area contributed by atoms with Crippen molar-refractivity contribution in [3.8, 4) is 17.0 Å². The molecule has 0 spiro atoms. The summed E-state index contributed by atoms with van der Waals surface area (Å²) in [4.78, 5) is 42.5. The van der Waals surface area contributed by atoms with E-state index < -0.39 is 6.10 Å². The van der Waals surface area contributed by atoms with Crippen LogP contribution in [0.2, 0.25) is 0 Å². The lowest BCUT2D eigenvalue weighted by molar-refractivity contribution is -0.151. The van der Waals surface area contributed by atoms with Gasteiger partial charge in [-0.1, -0.05) is 63.4 Å². The third-order valence-electron chi connectivity index (χ3n) is 6.06. The van der Waals surface area contributed by atoms with Gasteiger partial charge in [-0.25, -0.2) is 9.78 Å². The number of amides is 1. The van der Waals surface area contributed by atoms with Crippen molar-refractivity contribution in [2.75, 3.05) is 11.9 Å². The van der Waals surface area contributed by atoms with Crippen LogP contribution in [0.5, 0.6) is 5.75 Å². The van der Waals surface area contributed by atoms with Gasteiger partial charge in [-0.05, 0) is 44.0 Å². The summed E-state index contributed by atoms with van der Waals surface area (Å²) in [6, 6.07) is 17.7. The predicted octanol–water partition coefficient (Wildman–Crippen LogP) is 5.39. The maximum Gasteiger partial charge on any atom is 0.347 e. The number of carbonyl (C=O) groups excluding carboxylic acids is 2. The molecule has 1 heterocycles. The molecular weight excluding hydrogens is 482 g/mol. The van der Waals surface area contributed by atoms with Crippen LogP contribution in [-0.4, -0.2) is 34.1 Å². The zero-order valence-corrected chi connectivity index (χ0v) is 22.4. The number of benzene rings is 2. The van der Waals surface area contributed by atoms with Crippen molar-refractivity contribution < 1.29 is 19.1 Å². The summed E-state index contributed by atoms with van der Waals surface area (Å²) < 4.78 is 12.5. The smallest absolute Gasteiger partial charge is 0.347 e. The first-order chi connectivity index (χ1) is 18.4. The summed E-state index contributed by atoms with van der Waals surface area (Å²) in [6.45, 7) is 5.96. The fourth-order valence-electron chi connectivity index (χ4n) is 4.09. The Balaban J connectivity index is 1.64. The molecule has 1 amide bonds. The molecule has 3 aromatic rings. The number of carbonyl (C=O) groups is 2. The van der Waals surface area contributed by atoms with Crippen LogP contribution in [0, 0.1) is 0 Å². The van der Waals surface area contributed by atoms with E-state index in [9.17, 15) is 14.4 Å². The predicted molar refractivity (Wildman–Crippen MR) is 148 cm³/mol. The quantitative estimate of drug-likeness (QED) is 0.226. The number of anilines is 1. The Kier molecular flexibility index (Phi) is 11.1. The third-order valence-corrected chi connectivity index (χ3v) is 6.06. The highest BCUT2D eigenvalue weighted by Gasteiger charge is 2.21. The van der Waals surface area contributed by atoms with Crippen LogP contribution >= 0.6 is 0 Å². The molecule has 202 valence electrons. The van der Waals surface area contributed by atoms with Crippen molar-refractivity contribution >= 4 is 17.6 Å². The summed E-state index contributed by atoms with van der Waals surface area (Å²) >= 11 is 0. The molecule has 0 saturated heterocycles. The van der Waals surface area contributed by atoms with Crippen LogP contribution in [0.3, 0.4) is 0 Å². The molecule has 38 heavy (non-hydrogen) atoms. The normalized spacial score (nSPS) is 11.6. The van der Waals surface area contributed by atoms with Crippen LogP contribution < -0.4 is 15.6 Å². The van der Waals surface area contributed by atoms with Gasteiger partial charge in [-0.15, -0.1) is 0 Å². The second-order valence-corrected chi connectivity index (χ2v) is 8.98. The number of ether oxygens (including phenoxy) is 2. The highest BCUT2D eigenvalue weighted by atomic mass is 16.6. The van der Waals surface area contributed by atoms with Crippen LogP contribution in [0.15, 0.2) is 65.5 Å². The molecule has 0 saturated carbocycles. The van der Waals surface area contributed by atoms with E-state index in [1.54, 1.807) is 31.2 Å². The largest absolute Gasteiger partial charge is 0.479 e. The molecule has 8 nitrogen and oxygen atoms in total. The second kappa shape index (κ2) is 14.7. The van der Waals surface area contributed by atoms with Gasteiger partial charge in [0.2, 0.25) is 5.91 Å². The highest BCUT2D eigenvalue weighted by molar-refractivity contribution is 5.90. The number of hydrogen-bond donors (Lipinski definition) is 1. The van der Waals surface area contributed by atoms with Gasteiger partial charge in [0.1, 0.15) is 18.1 Å². The van der Waals surface area contributed by atoms with Gasteiger partial charge < -0.3 is 14.8 Å². The summed E-state index contributed by atoms with van der Waals surface area (Å²) in [5.74, 6) is 0.344. The Morgan fingerprint density at radius 3 is 2.37 bits per heavy atom. The molecule has 0 bridgehead atoms. The monoisotopic (exact) mass is 519 g/mol. The molecule has 1 N–H and O–H groups in total. The fraction of sp³-hybridized carbons (Fsp3) is 0.400. The maximum atomic E-state index is 12.8. The van der Waals surface area contributed by atoms with Crippen molar-refractivity contribution in [1.29, 1.82) is 0 Å². The minimum atomic E-state index is -0.669. The Bertz CT molecular complexity index is 1240. The molecule has 0 aliphatic carbocycles. The summed E-state index contributed by atoms with van der Waals surface area (Å²) in [6.07, 6.45) is 4.57. The summed E-state index contributed by atoms with van der Waals surface area (Å²) in [5.41, 5.74) is 1.71. The number of nitrogens with zero attached hydrogens (tertiary/aromatic N) is 2. The van der Waals surface area contributed by atoms with Crippen LogP contribution in [0.25, 0.3) is 11.3 Å². The van der Waals surface area contributed by atoms with E-state index in [1.165, 1.54) is 10.6 Å². The topological polar surface area (TPSA) is 99.5 Å². The van der Waals surface area contributed by atoms with E-state index in [-0.39, 0.29) is 24.0 Å². The van der Waals surface area contributed by atoms with Gasteiger partial charge in [0.15, 0.2) is 6.10 Å². The lowest BCUT2D eigenvalue weighted by atomic mass is 10.1. The van der Waals surface area contributed by atoms with E-state index in [4.69, 9.17) is 9.47 Å². The van der Waals surface area contributed by atoms with Gasteiger partial charge >= 0.3 is 5.97 Å². The highest BCUT2D eigenvalue weighted by Crippen LogP contribution is 2.20. The third kappa shape index (κ3) is 8.30. The number of unbranched alkanes of at least 4 members (excludes halogenated alkanes) is 3. The molecule has 0 unspecified atom stereocenters.